The van der Waals surface area contributed by atoms with Crippen LogP contribution in [0.5, 0.6) is 0 Å². The molecule has 124 valence electrons. The van der Waals surface area contributed by atoms with Crippen LogP contribution < -0.4 is 5.32 Å². The van der Waals surface area contributed by atoms with Crippen molar-refractivity contribution in [1.29, 1.82) is 0 Å². The molecule has 1 fully saturated rings. The van der Waals surface area contributed by atoms with E-state index in [4.69, 9.17) is 0 Å². The average molecular weight is 328 g/mol. The molecular weight excluding hydrogens is 303 g/mol. The van der Waals surface area contributed by atoms with Gasteiger partial charge in [-0.1, -0.05) is 25.5 Å². The molecule has 2 unspecified atom stereocenters. The standard InChI is InChI=1S/C16H25FN2O2S/c1-4-14-11-19(22(3,20)21)8-7-16(14)18-10-13-5-6-15(17)12(2)9-13/h5-6,9,14,16,18H,4,7-8,10-11H2,1-3H3. The molecule has 0 radical (unpaired) electrons. The summed E-state index contributed by atoms with van der Waals surface area (Å²) < 4.78 is 38.2. The Morgan fingerprint density at radius 1 is 1.41 bits per heavy atom. The summed E-state index contributed by atoms with van der Waals surface area (Å²) in [6.07, 6.45) is 3.02. The molecule has 1 aromatic carbocycles. The molecule has 1 heterocycles. The lowest BCUT2D eigenvalue weighted by Gasteiger charge is -2.37. The number of benzene rings is 1. The zero-order valence-corrected chi connectivity index (χ0v) is 14.3. The minimum atomic E-state index is -3.11. The number of rotatable bonds is 5. The Kier molecular flexibility index (Phi) is 5.58. The van der Waals surface area contributed by atoms with E-state index in [1.54, 1.807) is 17.3 Å². The maximum Gasteiger partial charge on any atom is 0.211 e. The monoisotopic (exact) mass is 328 g/mol. The SMILES string of the molecule is CCC1CN(S(C)(=O)=O)CCC1NCc1ccc(F)c(C)c1. The molecule has 4 nitrogen and oxygen atoms in total. The van der Waals surface area contributed by atoms with Gasteiger partial charge in [-0.05, 0) is 36.5 Å². The lowest BCUT2D eigenvalue weighted by Crippen LogP contribution is -2.50. The van der Waals surface area contributed by atoms with E-state index in [2.05, 4.69) is 12.2 Å². The van der Waals surface area contributed by atoms with Gasteiger partial charge in [0.15, 0.2) is 0 Å². The van der Waals surface area contributed by atoms with Crippen molar-refractivity contribution in [3.63, 3.8) is 0 Å². The van der Waals surface area contributed by atoms with Gasteiger partial charge in [0.25, 0.3) is 0 Å². The number of nitrogens with zero attached hydrogens (tertiary/aromatic N) is 1. The van der Waals surface area contributed by atoms with Gasteiger partial charge in [-0.25, -0.2) is 17.1 Å². The van der Waals surface area contributed by atoms with E-state index >= 15 is 0 Å². The van der Waals surface area contributed by atoms with Crippen molar-refractivity contribution < 1.29 is 12.8 Å². The van der Waals surface area contributed by atoms with Crippen molar-refractivity contribution in [3.8, 4) is 0 Å². The van der Waals surface area contributed by atoms with Gasteiger partial charge in [-0.15, -0.1) is 0 Å². The fourth-order valence-corrected chi connectivity index (χ4v) is 3.95. The molecular formula is C16H25FN2O2S. The molecule has 0 amide bonds. The van der Waals surface area contributed by atoms with Crippen LogP contribution in [0.1, 0.15) is 30.9 Å². The zero-order valence-electron chi connectivity index (χ0n) is 13.5. The first kappa shape index (κ1) is 17.4. The Balaban J connectivity index is 1.96. The van der Waals surface area contributed by atoms with E-state index in [1.807, 2.05) is 6.07 Å². The van der Waals surface area contributed by atoms with Crippen LogP contribution in [0.25, 0.3) is 0 Å². The number of hydrogen-bond donors (Lipinski definition) is 1. The Hall–Kier alpha value is -0.980. The molecule has 2 atom stereocenters. The van der Waals surface area contributed by atoms with Crippen LogP contribution >= 0.6 is 0 Å². The quantitative estimate of drug-likeness (QED) is 0.902. The van der Waals surface area contributed by atoms with Gasteiger partial charge in [-0.2, -0.15) is 0 Å². The van der Waals surface area contributed by atoms with Gasteiger partial charge in [0.1, 0.15) is 5.82 Å². The highest BCUT2D eigenvalue weighted by Gasteiger charge is 2.31. The van der Waals surface area contributed by atoms with E-state index in [0.717, 1.165) is 18.4 Å². The van der Waals surface area contributed by atoms with Crippen molar-refractivity contribution in [2.75, 3.05) is 19.3 Å². The van der Waals surface area contributed by atoms with Crippen molar-refractivity contribution in [2.45, 2.75) is 39.3 Å². The predicted molar refractivity (Wildman–Crippen MR) is 86.6 cm³/mol. The number of piperidine rings is 1. The van der Waals surface area contributed by atoms with Crippen LogP contribution in [0, 0.1) is 18.7 Å². The topological polar surface area (TPSA) is 49.4 Å². The molecule has 1 aromatic rings. The van der Waals surface area contributed by atoms with Crippen LogP contribution in [0.3, 0.4) is 0 Å². The molecule has 1 saturated heterocycles. The molecule has 22 heavy (non-hydrogen) atoms. The lowest BCUT2D eigenvalue weighted by molar-refractivity contribution is 0.202. The molecule has 6 heteroatoms. The minimum absolute atomic E-state index is 0.184. The summed E-state index contributed by atoms with van der Waals surface area (Å²) in [7, 11) is -3.11. The minimum Gasteiger partial charge on any atom is -0.310 e. The second kappa shape index (κ2) is 7.06. The van der Waals surface area contributed by atoms with Crippen molar-refractivity contribution in [1.82, 2.24) is 9.62 Å². The van der Waals surface area contributed by atoms with Crippen LogP contribution in [-0.4, -0.2) is 38.1 Å². The van der Waals surface area contributed by atoms with E-state index in [1.165, 1.54) is 12.3 Å². The maximum atomic E-state index is 13.3. The summed E-state index contributed by atoms with van der Waals surface area (Å²) >= 11 is 0. The number of halogens is 1. The molecule has 1 aliphatic heterocycles. The number of nitrogens with one attached hydrogen (secondary N) is 1. The molecule has 0 spiro atoms. The first-order chi connectivity index (χ1) is 10.3. The second-order valence-corrected chi connectivity index (χ2v) is 8.13. The van der Waals surface area contributed by atoms with Crippen LogP contribution in [0.4, 0.5) is 4.39 Å². The van der Waals surface area contributed by atoms with Crippen molar-refractivity contribution in [3.05, 3.63) is 35.1 Å². The molecule has 1 N–H and O–H groups in total. The number of hydrogen-bond acceptors (Lipinski definition) is 3. The van der Waals surface area contributed by atoms with Gasteiger partial charge in [0.2, 0.25) is 10.0 Å². The Morgan fingerprint density at radius 3 is 2.73 bits per heavy atom. The number of aryl methyl sites for hydroxylation is 1. The average Bonchev–Trinajstić information content (AvgIpc) is 2.47. The van der Waals surface area contributed by atoms with Crippen LogP contribution in [-0.2, 0) is 16.6 Å². The normalized spacial score (nSPS) is 23.6. The molecule has 0 aliphatic carbocycles. The third kappa shape index (κ3) is 4.27. The molecule has 0 saturated carbocycles. The van der Waals surface area contributed by atoms with Gasteiger partial charge in [0.05, 0.1) is 6.26 Å². The van der Waals surface area contributed by atoms with E-state index < -0.39 is 10.0 Å². The van der Waals surface area contributed by atoms with Gasteiger partial charge < -0.3 is 5.32 Å². The van der Waals surface area contributed by atoms with Crippen LogP contribution in [0.2, 0.25) is 0 Å². The summed E-state index contributed by atoms with van der Waals surface area (Å²) in [6, 6.07) is 5.44. The molecule has 1 aliphatic rings. The predicted octanol–water partition coefficient (Wildman–Crippen LogP) is 2.28. The van der Waals surface area contributed by atoms with Gasteiger partial charge in [0, 0.05) is 25.7 Å². The van der Waals surface area contributed by atoms with E-state index in [0.29, 0.717) is 37.2 Å². The van der Waals surface area contributed by atoms with Crippen molar-refractivity contribution in [2.24, 2.45) is 5.92 Å². The number of sulfonamides is 1. The first-order valence-corrected chi connectivity index (χ1v) is 9.59. The summed E-state index contributed by atoms with van der Waals surface area (Å²) in [5.41, 5.74) is 1.71. The van der Waals surface area contributed by atoms with Crippen molar-refractivity contribution >= 4 is 10.0 Å². The smallest absolute Gasteiger partial charge is 0.211 e. The Labute approximate surface area is 132 Å². The third-order valence-electron chi connectivity index (χ3n) is 4.48. The highest BCUT2D eigenvalue weighted by Crippen LogP contribution is 2.22. The van der Waals surface area contributed by atoms with Gasteiger partial charge in [-0.3, -0.25) is 0 Å². The summed E-state index contributed by atoms with van der Waals surface area (Å²) in [5.74, 6) is 0.127. The highest BCUT2D eigenvalue weighted by atomic mass is 32.2. The summed E-state index contributed by atoms with van der Waals surface area (Å²) in [5, 5.41) is 3.51. The third-order valence-corrected chi connectivity index (χ3v) is 5.75. The second-order valence-electron chi connectivity index (χ2n) is 6.15. The van der Waals surface area contributed by atoms with E-state index in [-0.39, 0.29) is 5.82 Å². The molecule has 0 bridgehead atoms. The van der Waals surface area contributed by atoms with Crippen LogP contribution in [0.15, 0.2) is 18.2 Å². The molecule has 0 aromatic heterocycles. The highest BCUT2D eigenvalue weighted by molar-refractivity contribution is 7.88. The maximum absolute atomic E-state index is 13.3. The lowest BCUT2D eigenvalue weighted by atomic mass is 9.91. The first-order valence-electron chi connectivity index (χ1n) is 7.74. The van der Waals surface area contributed by atoms with E-state index in [9.17, 15) is 12.8 Å². The Bertz CT molecular complexity index is 619. The largest absolute Gasteiger partial charge is 0.310 e. The zero-order chi connectivity index (χ0) is 16.3. The fourth-order valence-electron chi connectivity index (χ4n) is 3.05. The van der Waals surface area contributed by atoms with Gasteiger partial charge >= 0.3 is 0 Å². The molecule has 2 rings (SSSR count). The Morgan fingerprint density at radius 2 is 2.14 bits per heavy atom. The summed E-state index contributed by atoms with van der Waals surface area (Å²) in [4.78, 5) is 0. The fraction of sp³-hybridized carbons (Fsp3) is 0.625. The summed E-state index contributed by atoms with van der Waals surface area (Å²) in [6.45, 7) is 5.68.